The van der Waals surface area contributed by atoms with Crippen LogP contribution >= 0.6 is 0 Å². The highest BCUT2D eigenvalue weighted by atomic mass is 16.5. The quantitative estimate of drug-likeness (QED) is 0.878. The molecule has 2 aromatic rings. The van der Waals surface area contributed by atoms with Crippen molar-refractivity contribution in [3.05, 3.63) is 54.1 Å². The van der Waals surface area contributed by atoms with Crippen LogP contribution in [-0.2, 0) is 0 Å². The molecule has 0 aromatic heterocycles. The number of benzene rings is 2. The molecule has 0 bridgehead atoms. The van der Waals surface area contributed by atoms with Gasteiger partial charge in [0, 0.05) is 37.0 Å². The zero-order chi connectivity index (χ0) is 17.6. The summed E-state index contributed by atoms with van der Waals surface area (Å²) in [5, 5.41) is 3.04. The molecule has 2 aromatic carbocycles. The van der Waals surface area contributed by atoms with Crippen molar-refractivity contribution in [1.29, 1.82) is 0 Å². The first kappa shape index (κ1) is 17.1. The molecular formula is C20H24N2O3. The Morgan fingerprint density at radius 3 is 2.60 bits per heavy atom. The van der Waals surface area contributed by atoms with Gasteiger partial charge in [-0.1, -0.05) is 6.07 Å². The molecule has 3 rings (SSSR count). The van der Waals surface area contributed by atoms with Crippen LogP contribution in [0.25, 0.3) is 0 Å². The number of carbonyl (C=O) groups excluding carboxylic acids is 1. The lowest BCUT2D eigenvalue weighted by molar-refractivity contribution is 0.0948. The number of anilines is 1. The number of nitrogens with one attached hydrogen (secondary N) is 1. The molecule has 1 atom stereocenters. The third-order valence-corrected chi connectivity index (χ3v) is 4.61. The maximum Gasteiger partial charge on any atom is 0.251 e. The Morgan fingerprint density at radius 1 is 1.12 bits per heavy atom. The second-order valence-corrected chi connectivity index (χ2v) is 6.24. The van der Waals surface area contributed by atoms with Crippen LogP contribution in [0.2, 0.25) is 0 Å². The standard InChI is InChI=1S/C20H24N2O3/c1-24-18-8-6-16(7-9-18)20(23)21-13-15-10-11-22(14-15)17-4-3-5-19(12-17)25-2/h3-9,12,15H,10-11,13-14H2,1-2H3,(H,21,23)/t15-/m0/s1. The van der Waals surface area contributed by atoms with Gasteiger partial charge in [-0.3, -0.25) is 4.79 Å². The van der Waals surface area contributed by atoms with Gasteiger partial charge >= 0.3 is 0 Å². The Labute approximate surface area is 148 Å². The van der Waals surface area contributed by atoms with E-state index < -0.39 is 0 Å². The van der Waals surface area contributed by atoms with Gasteiger partial charge < -0.3 is 19.7 Å². The first-order valence-electron chi connectivity index (χ1n) is 8.51. The van der Waals surface area contributed by atoms with Gasteiger partial charge in [-0.05, 0) is 48.7 Å². The molecule has 5 heteroatoms. The van der Waals surface area contributed by atoms with Crippen molar-refractivity contribution in [2.75, 3.05) is 38.8 Å². The lowest BCUT2D eigenvalue weighted by atomic mass is 10.1. The summed E-state index contributed by atoms with van der Waals surface area (Å²) < 4.78 is 10.4. The molecule has 1 aliphatic rings. The van der Waals surface area contributed by atoms with E-state index in [2.05, 4.69) is 22.3 Å². The van der Waals surface area contributed by atoms with E-state index in [-0.39, 0.29) is 5.91 Å². The lowest BCUT2D eigenvalue weighted by Gasteiger charge is -2.19. The van der Waals surface area contributed by atoms with E-state index in [9.17, 15) is 4.79 Å². The molecule has 132 valence electrons. The molecule has 1 heterocycles. The predicted molar refractivity (Wildman–Crippen MR) is 98.6 cm³/mol. The Bertz CT molecular complexity index is 715. The molecule has 0 spiro atoms. The van der Waals surface area contributed by atoms with Crippen molar-refractivity contribution < 1.29 is 14.3 Å². The highest BCUT2D eigenvalue weighted by Gasteiger charge is 2.23. The largest absolute Gasteiger partial charge is 0.497 e. The van der Waals surface area contributed by atoms with Crippen LogP contribution in [0.4, 0.5) is 5.69 Å². The monoisotopic (exact) mass is 340 g/mol. The predicted octanol–water partition coefficient (Wildman–Crippen LogP) is 2.96. The summed E-state index contributed by atoms with van der Waals surface area (Å²) >= 11 is 0. The minimum Gasteiger partial charge on any atom is -0.497 e. The van der Waals surface area contributed by atoms with Crippen molar-refractivity contribution in [3.63, 3.8) is 0 Å². The molecule has 0 saturated carbocycles. The number of nitrogens with zero attached hydrogens (tertiary/aromatic N) is 1. The van der Waals surface area contributed by atoms with Crippen LogP contribution in [0.15, 0.2) is 48.5 Å². The number of hydrogen-bond acceptors (Lipinski definition) is 4. The molecular weight excluding hydrogens is 316 g/mol. The van der Waals surface area contributed by atoms with Crippen molar-refractivity contribution in [2.24, 2.45) is 5.92 Å². The van der Waals surface area contributed by atoms with Gasteiger partial charge in [0.15, 0.2) is 0 Å². The average Bonchev–Trinajstić information content (AvgIpc) is 3.15. The van der Waals surface area contributed by atoms with Crippen LogP contribution in [0.5, 0.6) is 11.5 Å². The van der Waals surface area contributed by atoms with Gasteiger partial charge in [0.25, 0.3) is 5.91 Å². The van der Waals surface area contributed by atoms with E-state index in [1.807, 2.05) is 12.1 Å². The minimum absolute atomic E-state index is 0.0394. The Balaban J connectivity index is 1.51. The van der Waals surface area contributed by atoms with E-state index in [0.717, 1.165) is 31.0 Å². The maximum atomic E-state index is 12.3. The highest BCUT2D eigenvalue weighted by Crippen LogP contribution is 2.26. The number of rotatable bonds is 6. The van der Waals surface area contributed by atoms with E-state index in [1.54, 1.807) is 38.5 Å². The molecule has 1 fully saturated rings. The Kier molecular flexibility index (Phi) is 5.43. The topological polar surface area (TPSA) is 50.8 Å². The molecule has 5 nitrogen and oxygen atoms in total. The summed E-state index contributed by atoms with van der Waals surface area (Å²) in [5.74, 6) is 2.03. The molecule has 1 amide bonds. The molecule has 1 aliphatic heterocycles. The van der Waals surface area contributed by atoms with Crippen LogP contribution in [0, 0.1) is 5.92 Å². The van der Waals surface area contributed by atoms with E-state index in [0.29, 0.717) is 18.0 Å². The number of hydrogen-bond donors (Lipinski definition) is 1. The second kappa shape index (κ2) is 7.92. The summed E-state index contributed by atoms with van der Waals surface area (Å²) in [5.41, 5.74) is 1.83. The average molecular weight is 340 g/mol. The Morgan fingerprint density at radius 2 is 1.88 bits per heavy atom. The van der Waals surface area contributed by atoms with Gasteiger partial charge in [-0.25, -0.2) is 0 Å². The number of amides is 1. The summed E-state index contributed by atoms with van der Waals surface area (Å²) in [6.07, 6.45) is 1.07. The number of carbonyl (C=O) groups is 1. The summed E-state index contributed by atoms with van der Waals surface area (Å²) in [6, 6.07) is 15.3. The minimum atomic E-state index is -0.0394. The zero-order valence-electron chi connectivity index (χ0n) is 14.7. The van der Waals surface area contributed by atoms with Crippen LogP contribution in [0.1, 0.15) is 16.8 Å². The summed E-state index contributed by atoms with van der Waals surface area (Å²) in [6.45, 7) is 2.62. The SMILES string of the molecule is COc1ccc(C(=O)NC[C@@H]2CCN(c3cccc(OC)c3)C2)cc1. The highest BCUT2D eigenvalue weighted by molar-refractivity contribution is 5.94. The van der Waals surface area contributed by atoms with Crippen molar-refractivity contribution >= 4 is 11.6 Å². The van der Waals surface area contributed by atoms with Crippen molar-refractivity contribution in [3.8, 4) is 11.5 Å². The zero-order valence-corrected chi connectivity index (χ0v) is 14.7. The first-order valence-corrected chi connectivity index (χ1v) is 8.51. The van der Waals surface area contributed by atoms with Crippen LogP contribution < -0.4 is 19.7 Å². The lowest BCUT2D eigenvalue weighted by Crippen LogP contribution is -2.31. The molecule has 25 heavy (non-hydrogen) atoms. The van der Waals surface area contributed by atoms with Crippen LogP contribution in [-0.4, -0.2) is 39.8 Å². The van der Waals surface area contributed by atoms with E-state index in [1.165, 1.54) is 5.69 Å². The van der Waals surface area contributed by atoms with Gasteiger partial charge in [-0.15, -0.1) is 0 Å². The molecule has 0 unspecified atom stereocenters. The Hall–Kier alpha value is -2.69. The third-order valence-electron chi connectivity index (χ3n) is 4.61. The van der Waals surface area contributed by atoms with Gasteiger partial charge in [-0.2, -0.15) is 0 Å². The fourth-order valence-electron chi connectivity index (χ4n) is 3.12. The van der Waals surface area contributed by atoms with Crippen molar-refractivity contribution in [1.82, 2.24) is 5.32 Å². The maximum absolute atomic E-state index is 12.3. The van der Waals surface area contributed by atoms with Crippen LogP contribution in [0.3, 0.4) is 0 Å². The smallest absolute Gasteiger partial charge is 0.251 e. The molecule has 0 radical (unpaired) electrons. The number of ether oxygens (including phenoxy) is 2. The fraction of sp³-hybridized carbons (Fsp3) is 0.350. The van der Waals surface area contributed by atoms with Crippen molar-refractivity contribution in [2.45, 2.75) is 6.42 Å². The van der Waals surface area contributed by atoms with E-state index in [4.69, 9.17) is 9.47 Å². The normalized spacial score (nSPS) is 16.6. The first-order chi connectivity index (χ1) is 12.2. The molecule has 1 N–H and O–H groups in total. The van der Waals surface area contributed by atoms with Gasteiger partial charge in [0.05, 0.1) is 14.2 Å². The summed E-state index contributed by atoms with van der Waals surface area (Å²) in [4.78, 5) is 14.6. The molecule has 1 saturated heterocycles. The second-order valence-electron chi connectivity index (χ2n) is 6.24. The van der Waals surface area contributed by atoms with Gasteiger partial charge in [0.1, 0.15) is 11.5 Å². The summed E-state index contributed by atoms with van der Waals surface area (Å²) in [7, 11) is 3.30. The molecule has 0 aliphatic carbocycles. The van der Waals surface area contributed by atoms with E-state index >= 15 is 0 Å². The third kappa shape index (κ3) is 4.24. The number of methoxy groups -OCH3 is 2. The fourth-order valence-corrected chi connectivity index (χ4v) is 3.12. The van der Waals surface area contributed by atoms with Gasteiger partial charge in [0.2, 0.25) is 0 Å².